The molecule has 1 heterocycles. The molecule has 1 aromatic heterocycles. The number of amides is 1. The summed E-state index contributed by atoms with van der Waals surface area (Å²) in [6.45, 7) is 3.55. The van der Waals surface area contributed by atoms with E-state index in [0.717, 1.165) is 0 Å². The zero-order valence-electron chi connectivity index (χ0n) is 15.8. The maximum atomic E-state index is 12.9. The van der Waals surface area contributed by atoms with Crippen molar-refractivity contribution in [1.82, 2.24) is 5.16 Å². The molecule has 0 aliphatic rings. The minimum Gasteiger partial charge on any atom is -0.360 e. The molecule has 0 spiro atoms. The summed E-state index contributed by atoms with van der Waals surface area (Å²) in [6, 6.07) is 14.9. The molecule has 1 N–H and O–H groups in total. The molecule has 0 aliphatic carbocycles. The molecule has 1 amide bonds. The van der Waals surface area contributed by atoms with Crippen molar-refractivity contribution in [2.75, 3.05) is 16.7 Å². The van der Waals surface area contributed by atoms with E-state index in [-0.39, 0.29) is 10.8 Å². The maximum absolute atomic E-state index is 12.9. The molecule has 0 fully saturated rings. The van der Waals surface area contributed by atoms with Crippen LogP contribution in [0.15, 0.2) is 64.0 Å². The topological polar surface area (TPSA) is 92.5 Å². The standard InChI is InChI=1S/C20H21N3O4S/c1-4-18-19(14(2)22-27-18)20(24)21-15-9-8-12-17(13-15)28(25,26)23(3)16-10-6-5-7-11-16/h5-13H,4H2,1-3H3,(H,21,24). The third-order valence-electron chi connectivity index (χ3n) is 4.35. The lowest BCUT2D eigenvalue weighted by molar-refractivity contribution is 0.102. The molecular formula is C20H21N3O4S. The highest BCUT2D eigenvalue weighted by Crippen LogP contribution is 2.24. The number of benzene rings is 2. The van der Waals surface area contributed by atoms with Crippen LogP contribution < -0.4 is 9.62 Å². The summed E-state index contributed by atoms with van der Waals surface area (Å²) in [5, 5.41) is 6.55. The van der Waals surface area contributed by atoms with Crippen molar-refractivity contribution in [3.63, 3.8) is 0 Å². The SMILES string of the molecule is CCc1onc(C)c1C(=O)Nc1cccc(S(=O)(=O)N(C)c2ccccc2)c1. The van der Waals surface area contributed by atoms with Crippen molar-refractivity contribution in [3.8, 4) is 0 Å². The fourth-order valence-corrected chi connectivity index (χ4v) is 4.05. The largest absolute Gasteiger partial charge is 0.360 e. The number of carbonyl (C=O) groups excluding carboxylic acids is 1. The normalized spacial score (nSPS) is 11.2. The van der Waals surface area contributed by atoms with E-state index >= 15 is 0 Å². The molecule has 0 saturated carbocycles. The van der Waals surface area contributed by atoms with Crippen LogP contribution in [0.1, 0.15) is 28.7 Å². The van der Waals surface area contributed by atoms with Gasteiger partial charge >= 0.3 is 0 Å². The second-order valence-corrected chi connectivity index (χ2v) is 8.18. The quantitative estimate of drug-likeness (QED) is 0.683. The van der Waals surface area contributed by atoms with Crippen LogP contribution in [0.3, 0.4) is 0 Å². The highest BCUT2D eigenvalue weighted by Gasteiger charge is 2.23. The van der Waals surface area contributed by atoms with Crippen molar-refractivity contribution in [2.24, 2.45) is 0 Å². The molecule has 0 atom stereocenters. The zero-order valence-corrected chi connectivity index (χ0v) is 16.7. The second-order valence-electron chi connectivity index (χ2n) is 6.21. The first kappa shape index (κ1) is 19.6. The van der Waals surface area contributed by atoms with Gasteiger partial charge in [-0.15, -0.1) is 0 Å². The number of para-hydroxylation sites is 1. The van der Waals surface area contributed by atoms with E-state index in [1.165, 1.54) is 23.5 Å². The number of aryl methyl sites for hydroxylation is 2. The Bertz CT molecular complexity index is 1090. The van der Waals surface area contributed by atoms with E-state index in [0.29, 0.717) is 34.8 Å². The summed E-state index contributed by atoms with van der Waals surface area (Å²) in [6.07, 6.45) is 0.528. The van der Waals surface area contributed by atoms with E-state index in [4.69, 9.17) is 4.52 Å². The second kappa shape index (κ2) is 7.85. The maximum Gasteiger partial charge on any atom is 0.264 e. The molecule has 0 saturated heterocycles. The van der Waals surface area contributed by atoms with Gasteiger partial charge in [0.25, 0.3) is 15.9 Å². The monoisotopic (exact) mass is 399 g/mol. The van der Waals surface area contributed by atoms with Crippen molar-refractivity contribution in [2.45, 2.75) is 25.2 Å². The summed E-state index contributed by atoms with van der Waals surface area (Å²) < 4.78 is 32.2. The van der Waals surface area contributed by atoms with Gasteiger partial charge in [-0.1, -0.05) is 36.3 Å². The Labute approximate surface area is 164 Å². The van der Waals surface area contributed by atoms with Crippen LogP contribution in [0.2, 0.25) is 0 Å². The van der Waals surface area contributed by atoms with Gasteiger partial charge in [-0.05, 0) is 37.3 Å². The lowest BCUT2D eigenvalue weighted by Crippen LogP contribution is -2.26. The molecule has 0 aliphatic heterocycles. The highest BCUT2D eigenvalue weighted by molar-refractivity contribution is 7.92. The Hall–Kier alpha value is -3.13. The van der Waals surface area contributed by atoms with Crippen LogP contribution in [-0.2, 0) is 16.4 Å². The Morgan fingerprint density at radius 2 is 1.86 bits per heavy atom. The Morgan fingerprint density at radius 3 is 2.54 bits per heavy atom. The molecule has 0 unspecified atom stereocenters. The number of nitrogens with zero attached hydrogens (tertiary/aromatic N) is 2. The predicted molar refractivity (Wildman–Crippen MR) is 107 cm³/mol. The minimum atomic E-state index is -3.77. The van der Waals surface area contributed by atoms with Gasteiger partial charge in [0.05, 0.1) is 16.3 Å². The molecule has 28 heavy (non-hydrogen) atoms. The minimum absolute atomic E-state index is 0.0782. The Morgan fingerprint density at radius 1 is 1.14 bits per heavy atom. The van der Waals surface area contributed by atoms with Gasteiger partial charge in [-0.2, -0.15) is 0 Å². The average Bonchev–Trinajstić information content (AvgIpc) is 3.09. The molecule has 2 aromatic carbocycles. The van der Waals surface area contributed by atoms with Gasteiger partial charge < -0.3 is 9.84 Å². The Balaban J connectivity index is 1.88. The van der Waals surface area contributed by atoms with Gasteiger partial charge in [0.2, 0.25) is 0 Å². The number of aromatic nitrogens is 1. The fraction of sp³-hybridized carbons (Fsp3) is 0.200. The summed E-state index contributed by atoms with van der Waals surface area (Å²) in [7, 11) is -2.28. The molecule has 7 nitrogen and oxygen atoms in total. The first-order valence-electron chi connectivity index (χ1n) is 8.75. The van der Waals surface area contributed by atoms with Crippen molar-refractivity contribution >= 4 is 27.3 Å². The third kappa shape index (κ3) is 3.77. The fourth-order valence-electron chi connectivity index (χ4n) is 2.81. The summed E-state index contributed by atoms with van der Waals surface area (Å²) in [4.78, 5) is 12.7. The zero-order chi connectivity index (χ0) is 20.3. The number of rotatable bonds is 6. The first-order chi connectivity index (χ1) is 13.3. The highest BCUT2D eigenvalue weighted by atomic mass is 32.2. The number of hydrogen-bond donors (Lipinski definition) is 1. The molecule has 0 radical (unpaired) electrons. The summed E-state index contributed by atoms with van der Waals surface area (Å²) in [5.41, 5.74) is 1.78. The predicted octanol–water partition coefficient (Wildman–Crippen LogP) is 3.62. The van der Waals surface area contributed by atoms with Gasteiger partial charge in [0.15, 0.2) is 0 Å². The van der Waals surface area contributed by atoms with Crippen LogP contribution >= 0.6 is 0 Å². The van der Waals surface area contributed by atoms with Crippen LogP contribution in [0, 0.1) is 6.92 Å². The Kier molecular flexibility index (Phi) is 5.51. The van der Waals surface area contributed by atoms with Gasteiger partial charge in [0.1, 0.15) is 11.3 Å². The summed E-state index contributed by atoms with van der Waals surface area (Å²) >= 11 is 0. The van der Waals surface area contributed by atoms with E-state index in [2.05, 4.69) is 10.5 Å². The van der Waals surface area contributed by atoms with Gasteiger partial charge in [-0.25, -0.2) is 8.42 Å². The van der Waals surface area contributed by atoms with Crippen molar-refractivity contribution in [1.29, 1.82) is 0 Å². The molecular weight excluding hydrogens is 378 g/mol. The third-order valence-corrected chi connectivity index (χ3v) is 6.13. The van der Waals surface area contributed by atoms with Crippen LogP contribution in [-0.4, -0.2) is 26.5 Å². The van der Waals surface area contributed by atoms with Crippen LogP contribution in [0.5, 0.6) is 0 Å². The van der Waals surface area contributed by atoms with Crippen LogP contribution in [0.25, 0.3) is 0 Å². The van der Waals surface area contributed by atoms with E-state index in [1.54, 1.807) is 43.3 Å². The summed E-state index contributed by atoms with van der Waals surface area (Å²) in [5.74, 6) is 0.101. The van der Waals surface area contributed by atoms with Crippen molar-refractivity contribution in [3.05, 3.63) is 71.6 Å². The first-order valence-corrected chi connectivity index (χ1v) is 10.2. The lowest BCUT2D eigenvalue weighted by atomic mass is 10.1. The number of anilines is 2. The number of hydrogen-bond acceptors (Lipinski definition) is 5. The molecule has 3 aromatic rings. The van der Waals surface area contributed by atoms with E-state index in [9.17, 15) is 13.2 Å². The van der Waals surface area contributed by atoms with Crippen LogP contribution in [0.4, 0.5) is 11.4 Å². The van der Waals surface area contributed by atoms with E-state index < -0.39 is 10.0 Å². The molecule has 0 bridgehead atoms. The average molecular weight is 399 g/mol. The number of sulfonamides is 1. The molecule has 146 valence electrons. The van der Waals surface area contributed by atoms with Gasteiger partial charge in [0, 0.05) is 19.2 Å². The molecule has 3 rings (SSSR count). The van der Waals surface area contributed by atoms with E-state index in [1.807, 2.05) is 13.0 Å². The van der Waals surface area contributed by atoms with Crippen molar-refractivity contribution < 1.29 is 17.7 Å². The van der Waals surface area contributed by atoms with Gasteiger partial charge in [-0.3, -0.25) is 9.10 Å². The molecule has 8 heteroatoms. The number of carbonyl (C=O) groups is 1. The number of nitrogens with one attached hydrogen (secondary N) is 1. The smallest absolute Gasteiger partial charge is 0.264 e. The lowest BCUT2D eigenvalue weighted by Gasteiger charge is -2.19.